The Morgan fingerprint density at radius 2 is 1.89 bits per heavy atom. The Kier molecular flexibility index (Phi) is 8.04. The monoisotopic (exact) mass is 431 g/mol. The van der Waals surface area contributed by atoms with Gasteiger partial charge in [-0.2, -0.15) is 0 Å². The molecular formula is C18H17ClF3N3O2S. The summed E-state index contributed by atoms with van der Waals surface area (Å²) in [4.78, 5) is 26.6. The number of benzene rings is 1. The number of rotatable bonds is 9. The summed E-state index contributed by atoms with van der Waals surface area (Å²) in [6.45, 7) is 4.10. The van der Waals surface area contributed by atoms with Gasteiger partial charge in [0.15, 0.2) is 17.5 Å². The summed E-state index contributed by atoms with van der Waals surface area (Å²) in [5.41, 5.74) is -0.513. The van der Waals surface area contributed by atoms with Gasteiger partial charge in [0.1, 0.15) is 0 Å². The van der Waals surface area contributed by atoms with E-state index in [0.29, 0.717) is 23.5 Å². The highest BCUT2D eigenvalue weighted by Crippen LogP contribution is 2.22. The quantitative estimate of drug-likeness (QED) is 0.471. The van der Waals surface area contributed by atoms with Crippen molar-refractivity contribution >= 4 is 40.4 Å². The van der Waals surface area contributed by atoms with Crippen LogP contribution in [0.1, 0.15) is 4.88 Å². The number of halogens is 4. The summed E-state index contributed by atoms with van der Waals surface area (Å²) in [6.07, 6.45) is 1.64. The number of carbonyl (C=O) groups excluding carboxylic acids is 2. The van der Waals surface area contributed by atoms with Crippen molar-refractivity contribution in [2.75, 3.05) is 25.0 Å². The van der Waals surface area contributed by atoms with Crippen LogP contribution >= 0.6 is 22.9 Å². The molecule has 1 aromatic carbocycles. The molecule has 0 spiro atoms. The van der Waals surface area contributed by atoms with Gasteiger partial charge in [-0.05, 0) is 24.3 Å². The lowest BCUT2D eigenvalue weighted by molar-refractivity contribution is -0.125. The fourth-order valence-corrected chi connectivity index (χ4v) is 3.41. The molecule has 2 N–H and O–H groups in total. The van der Waals surface area contributed by atoms with Gasteiger partial charge in [-0.25, -0.2) is 13.2 Å². The lowest BCUT2D eigenvalue weighted by Gasteiger charge is -2.19. The molecule has 5 nitrogen and oxygen atoms in total. The molecule has 0 fully saturated rings. The highest BCUT2D eigenvalue weighted by atomic mass is 35.5. The number of anilines is 1. The SMILES string of the molecule is C=CCN(CC(=O)NCC(=O)Nc1ccc(F)c(F)c1F)Cc1ccc(Cl)s1. The summed E-state index contributed by atoms with van der Waals surface area (Å²) in [5.74, 6) is -5.77. The maximum absolute atomic E-state index is 13.5. The van der Waals surface area contributed by atoms with E-state index in [2.05, 4.69) is 17.2 Å². The number of carbonyl (C=O) groups is 2. The fraction of sp³-hybridized carbons (Fsp3) is 0.222. The van der Waals surface area contributed by atoms with Crippen LogP contribution in [-0.4, -0.2) is 36.3 Å². The molecule has 0 bridgehead atoms. The largest absolute Gasteiger partial charge is 0.346 e. The normalized spacial score (nSPS) is 10.8. The van der Waals surface area contributed by atoms with Gasteiger partial charge >= 0.3 is 0 Å². The Morgan fingerprint density at radius 1 is 1.14 bits per heavy atom. The van der Waals surface area contributed by atoms with Crippen LogP contribution in [0.4, 0.5) is 18.9 Å². The molecule has 28 heavy (non-hydrogen) atoms. The molecular weight excluding hydrogens is 415 g/mol. The number of hydrogen-bond acceptors (Lipinski definition) is 4. The van der Waals surface area contributed by atoms with Gasteiger partial charge in [0.05, 0.1) is 23.1 Å². The van der Waals surface area contributed by atoms with Crippen molar-refractivity contribution in [3.8, 4) is 0 Å². The highest BCUT2D eigenvalue weighted by Gasteiger charge is 2.16. The van der Waals surface area contributed by atoms with E-state index >= 15 is 0 Å². The van der Waals surface area contributed by atoms with E-state index in [9.17, 15) is 22.8 Å². The zero-order valence-electron chi connectivity index (χ0n) is 14.6. The third-order valence-corrected chi connectivity index (χ3v) is 4.73. The summed E-state index contributed by atoms with van der Waals surface area (Å²) in [5, 5.41) is 4.46. The van der Waals surface area contributed by atoms with Crippen LogP contribution in [0.15, 0.2) is 36.9 Å². The van der Waals surface area contributed by atoms with Crippen molar-refractivity contribution in [1.82, 2.24) is 10.2 Å². The van der Waals surface area contributed by atoms with Crippen molar-refractivity contribution in [2.24, 2.45) is 0 Å². The lowest BCUT2D eigenvalue weighted by Crippen LogP contribution is -2.40. The fourth-order valence-electron chi connectivity index (χ4n) is 2.28. The van der Waals surface area contributed by atoms with E-state index in [4.69, 9.17) is 11.6 Å². The van der Waals surface area contributed by atoms with Crippen LogP contribution in [0.25, 0.3) is 0 Å². The van der Waals surface area contributed by atoms with Crippen molar-refractivity contribution < 1.29 is 22.8 Å². The maximum atomic E-state index is 13.5. The highest BCUT2D eigenvalue weighted by molar-refractivity contribution is 7.16. The topological polar surface area (TPSA) is 61.4 Å². The summed E-state index contributed by atoms with van der Waals surface area (Å²) < 4.78 is 40.2. The van der Waals surface area contributed by atoms with Gasteiger partial charge < -0.3 is 10.6 Å². The molecule has 0 aliphatic rings. The molecule has 10 heteroatoms. The zero-order chi connectivity index (χ0) is 20.7. The Bertz CT molecular complexity index is 876. The van der Waals surface area contributed by atoms with Crippen LogP contribution in [0.5, 0.6) is 0 Å². The zero-order valence-corrected chi connectivity index (χ0v) is 16.2. The first-order valence-electron chi connectivity index (χ1n) is 8.07. The van der Waals surface area contributed by atoms with Crippen LogP contribution in [-0.2, 0) is 16.1 Å². The lowest BCUT2D eigenvalue weighted by atomic mass is 10.2. The smallest absolute Gasteiger partial charge is 0.243 e. The first-order valence-corrected chi connectivity index (χ1v) is 9.27. The average molecular weight is 432 g/mol. The van der Waals surface area contributed by atoms with Gasteiger partial charge in [-0.15, -0.1) is 17.9 Å². The van der Waals surface area contributed by atoms with Gasteiger partial charge in [-0.1, -0.05) is 17.7 Å². The van der Waals surface area contributed by atoms with E-state index in [1.54, 1.807) is 17.0 Å². The molecule has 0 unspecified atom stereocenters. The maximum Gasteiger partial charge on any atom is 0.243 e. The molecule has 0 saturated heterocycles. The standard InChI is InChI=1S/C18H17ClF3N3O2S/c1-2-7-25(9-11-3-6-14(19)28-11)10-16(27)23-8-15(26)24-13-5-4-12(20)17(21)18(13)22/h2-6H,1,7-10H2,(H,23,27)(H,24,26). The van der Waals surface area contributed by atoms with Crippen LogP contribution in [0.2, 0.25) is 4.34 Å². The van der Waals surface area contributed by atoms with Crippen molar-refractivity contribution in [3.63, 3.8) is 0 Å². The third-order valence-electron chi connectivity index (χ3n) is 3.52. The second-order valence-electron chi connectivity index (χ2n) is 5.71. The second-order valence-corrected chi connectivity index (χ2v) is 7.51. The van der Waals surface area contributed by atoms with E-state index < -0.39 is 41.5 Å². The van der Waals surface area contributed by atoms with E-state index in [-0.39, 0.29) is 6.54 Å². The first-order chi connectivity index (χ1) is 13.3. The number of amides is 2. The van der Waals surface area contributed by atoms with Crippen molar-refractivity contribution in [2.45, 2.75) is 6.54 Å². The first kappa shape index (κ1) is 21.9. The van der Waals surface area contributed by atoms with Crippen LogP contribution in [0, 0.1) is 17.5 Å². The van der Waals surface area contributed by atoms with Gasteiger partial charge in [0, 0.05) is 18.0 Å². The molecule has 1 aromatic heterocycles. The molecule has 150 valence electrons. The Labute approximate surface area is 168 Å². The number of thiophene rings is 1. The van der Waals surface area contributed by atoms with Crippen molar-refractivity contribution in [3.05, 3.63) is 63.6 Å². The van der Waals surface area contributed by atoms with E-state index in [1.165, 1.54) is 11.3 Å². The molecule has 0 saturated carbocycles. The molecule has 1 heterocycles. The average Bonchev–Trinajstić information content (AvgIpc) is 3.05. The number of nitrogens with zero attached hydrogens (tertiary/aromatic N) is 1. The Hall–Kier alpha value is -2.36. The Balaban J connectivity index is 1.85. The minimum atomic E-state index is -1.68. The molecule has 0 atom stereocenters. The van der Waals surface area contributed by atoms with Crippen LogP contribution in [0.3, 0.4) is 0 Å². The molecule has 2 rings (SSSR count). The second kappa shape index (κ2) is 10.3. The number of hydrogen-bond donors (Lipinski definition) is 2. The predicted octanol–water partition coefficient (Wildman–Crippen LogP) is 3.56. The third kappa shape index (κ3) is 6.36. The Morgan fingerprint density at radius 3 is 2.54 bits per heavy atom. The predicted molar refractivity (Wildman–Crippen MR) is 103 cm³/mol. The molecule has 2 aromatic rings. The van der Waals surface area contributed by atoms with E-state index in [1.807, 2.05) is 6.07 Å². The summed E-state index contributed by atoms with van der Waals surface area (Å²) >= 11 is 7.29. The van der Waals surface area contributed by atoms with Crippen LogP contribution < -0.4 is 10.6 Å². The summed E-state index contributed by atoms with van der Waals surface area (Å²) in [7, 11) is 0. The van der Waals surface area contributed by atoms with Crippen molar-refractivity contribution in [1.29, 1.82) is 0 Å². The minimum Gasteiger partial charge on any atom is -0.346 e. The minimum absolute atomic E-state index is 0.00560. The number of nitrogens with one attached hydrogen (secondary N) is 2. The molecule has 2 amide bonds. The van der Waals surface area contributed by atoms with Gasteiger partial charge in [-0.3, -0.25) is 14.5 Å². The molecule has 0 aliphatic carbocycles. The molecule has 0 aliphatic heterocycles. The van der Waals surface area contributed by atoms with Gasteiger partial charge in [0.25, 0.3) is 0 Å². The molecule has 0 radical (unpaired) electrons. The van der Waals surface area contributed by atoms with E-state index in [0.717, 1.165) is 10.9 Å². The van der Waals surface area contributed by atoms with Gasteiger partial charge in [0.2, 0.25) is 11.8 Å². The summed E-state index contributed by atoms with van der Waals surface area (Å²) in [6, 6.07) is 5.20.